The van der Waals surface area contributed by atoms with Gasteiger partial charge in [-0.3, -0.25) is 0 Å². The smallest absolute Gasteiger partial charge is 0.331 e. The lowest BCUT2D eigenvalue weighted by Gasteiger charge is -2.01. The Morgan fingerprint density at radius 3 is 2.75 bits per heavy atom. The van der Waals surface area contributed by atoms with Crippen LogP contribution in [0, 0.1) is 5.92 Å². The van der Waals surface area contributed by atoms with E-state index in [-0.39, 0.29) is 0 Å². The molecule has 1 aromatic rings. The van der Waals surface area contributed by atoms with E-state index < -0.39 is 5.97 Å². The molecule has 0 radical (unpaired) electrons. The highest BCUT2D eigenvalue weighted by atomic mass is 35.5. The fourth-order valence-corrected chi connectivity index (χ4v) is 2.51. The summed E-state index contributed by atoms with van der Waals surface area (Å²) in [6.45, 7) is 1.84. The Bertz CT molecular complexity index is 576. The molecule has 1 N–H and O–H groups in total. The van der Waals surface area contributed by atoms with Crippen molar-refractivity contribution in [2.75, 3.05) is 0 Å². The lowest BCUT2D eigenvalue weighted by molar-refractivity contribution is -0.132. The number of hydrogen-bond donors (Lipinski definition) is 1. The minimum atomic E-state index is -0.853. The summed E-state index contributed by atoms with van der Waals surface area (Å²) >= 11 is 11.9. The molecule has 1 aliphatic carbocycles. The Kier molecular flexibility index (Phi) is 4.90. The van der Waals surface area contributed by atoms with Gasteiger partial charge in [0.05, 0.1) is 10.0 Å². The number of allylic oxidation sites excluding steroid dienone is 3. The first-order chi connectivity index (χ1) is 9.52. The number of halogens is 2. The molecule has 20 heavy (non-hydrogen) atoms. The summed E-state index contributed by atoms with van der Waals surface area (Å²) in [7, 11) is 0. The van der Waals surface area contributed by atoms with Crippen molar-refractivity contribution in [1.29, 1.82) is 0 Å². The van der Waals surface area contributed by atoms with Gasteiger partial charge in [0.15, 0.2) is 0 Å². The highest BCUT2D eigenvalue weighted by Crippen LogP contribution is 2.49. The Hall–Kier alpha value is -1.25. The number of rotatable bonds is 5. The summed E-state index contributed by atoms with van der Waals surface area (Å²) in [6.07, 6.45) is 7.17. The quantitative estimate of drug-likeness (QED) is 0.608. The van der Waals surface area contributed by atoms with Crippen molar-refractivity contribution in [1.82, 2.24) is 0 Å². The van der Waals surface area contributed by atoms with Gasteiger partial charge in [-0.05, 0) is 42.4 Å². The first-order valence-electron chi connectivity index (χ1n) is 6.58. The number of carboxylic acids is 1. The summed E-state index contributed by atoms with van der Waals surface area (Å²) in [5.41, 5.74) is 1.61. The van der Waals surface area contributed by atoms with Crippen LogP contribution in [0.25, 0.3) is 0 Å². The van der Waals surface area contributed by atoms with Gasteiger partial charge in [0.2, 0.25) is 0 Å². The second kappa shape index (κ2) is 6.47. The van der Waals surface area contributed by atoms with Crippen LogP contribution in [0.1, 0.15) is 31.2 Å². The lowest BCUT2D eigenvalue weighted by atomic mass is 10.1. The lowest BCUT2D eigenvalue weighted by Crippen LogP contribution is -1.98. The molecule has 0 spiro atoms. The van der Waals surface area contributed by atoms with Crippen molar-refractivity contribution in [2.45, 2.75) is 25.7 Å². The summed E-state index contributed by atoms with van der Waals surface area (Å²) in [5, 5.41) is 10.1. The third-order valence-electron chi connectivity index (χ3n) is 3.52. The van der Waals surface area contributed by atoms with Crippen molar-refractivity contribution in [2.24, 2.45) is 5.92 Å². The minimum Gasteiger partial charge on any atom is -0.478 e. The largest absolute Gasteiger partial charge is 0.478 e. The van der Waals surface area contributed by atoms with Gasteiger partial charge >= 0.3 is 5.97 Å². The van der Waals surface area contributed by atoms with Crippen molar-refractivity contribution in [3.05, 3.63) is 57.6 Å². The molecule has 0 heterocycles. The van der Waals surface area contributed by atoms with Gasteiger partial charge < -0.3 is 5.11 Å². The molecule has 1 fully saturated rings. The van der Waals surface area contributed by atoms with E-state index in [1.54, 1.807) is 6.08 Å². The summed E-state index contributed by atoms with van der Waals surface area (Å²) in [4.78, 5) is 10.8. The van der Waals surface area contributed by atoms with E-state index in [0.717, 1.165) is 6.42 Å². The Morgan fingerprint density at radius 1 is 1.40 bits per heavy atom. The average Bonchev–Trinajstić information content (AvgIpc) is 3.17. The molecule has 4 heteroatoms. The number of carbonyl (C=O) groups is 1. The fraction of sp³-hybridized carbons (Fsp3) is 0.312. The van der Waals surface area contributed by atoms with Crippen molar-refractivity contribution in [3.63, 3.8) is 0 Å². The van der Waals surface area contributed by atoms with Crippen LogP contribution in [-0.2, 0) is 4.79 Å². The molecule has 2 rings (SSSR count). The zero-order valence-corrected chi connectivity index (χ0v) is 12.7. The second-order valence-corrected chi connectivity index (χ2v) is 5.73. The Labute approximate surface area is 128 Å². The molecule has 0 aromatic heterocycles. The molecule has 0 aliphatic heterocycles. The maximum absolute atomic E-state index is 10.8. The predicted octanol–water partition coefficient (Wildman–Crippen LogP) is 5.07. The zero-order valence-electron chi connectivity index (χ0n) is 11.1. The zero-order chi connectivity index (χ0) is 14.7. The van der Waals surface area contributed by atoms with E-state index in [2.05, 4.69) is 6.08 Å². The van der Waals surface area contributed by atoms with E-state index in [1.165, 1.54) is 5.56 Å². The molecule has 1 aliphatic rings. The number of carboxylic acid groups (broad SMARTS) is 1. The standard InChI is InChI=1S/C16H16Cl2O2/c1-2-10(16(19)20)4-3-5-11-8-13(11)12-6-7-14(17)15(18)9-12/h3-7,9,11,13H,2,8H2,1H3,(H,19,20)/b5-3+,10-4+/t11?,13-/m1/s1. The van der Waals surface area contributed by atoms with Gasteiger partial charge in [-0.15, -0.1) is 0 Å². The number of aliphatic carboxylic acids is 1. The van der Waals surface area contributed by atoms with Gasteiger partial charge in [-0.25, -0.2) is 4.79 Å². The normalized spacial score (nSPS) is 22.2. The summed E-state index contributed by atoms with van der Waals surface area (Å²) < 4.78 is 0. The molecule has 2 atom stereocenters. The number of hydrogen-bond acceptors (Lipinski definition) is 1. The number of benzene rings is 1. The third-order valence-corrected chi connectivity index (χ3v) is 4.26. The Morgan fingerprint density at radius 2 is 2.15 bits per heavy atom. The molecule has 0 amide bonds. The van der Waals surface area contributed by atoms with Crippen molar-refractivity contribution >= 4 is 29.2 Å². The van der Waals surface area contributed by atoms with E-state index in [9.17, 15) is 4.79 Å². The van der Waals surface area contributed by atoms with Gasteiger partial charge in [-0.2, -0.15) is 0 Å². The molecule has 2 nitrogen and oxygen atoms in total. The average molecular weight is 311 g/mol. The monoisotopic (exact) mass is 310 g/mol. The van der Waals surface area contributed by atoms with Gasteiger partial charge in [0, 0.05) is 5.57 Å². The molecule has 1 unspecified atom stereocenters. The van der Waals surface area contributed by atoms with E-state index in [1.807, 2.05) is 31.2 Å². The van der Waals surface area contributed by atoms with Crippen LogP contribution in [0.4, 0.5) is 0 Å². The van der Waals surface area contributed by atoms with E-state index in [4.69, 9.17) is 28.3 Å². The van der Waals surface area contributed by atoms with Crippen LogP contribution >= 0.6 is 23.2 Å². The van der Waals surface area contributed by atoms with Crippen LogP contribution < -0.4 is 0 Å². The summed E-state index contributed by atoms with van der Waals surface area (Å²) in [5.74, 6) is 0.0636. The van der Waals surface area contributed by atoms with Gasteiger partial charge in [0.25, 0.3) is 0 Å². The van der Waals surface area contributed by atoms with Crippen molar-refractivity contribution in [3.8, 4) is 0 Å². The van der Waals surface area contributed by atoms with Crippen LogP contribution in [-0.4, -0.2) is 11.1 Å². The van der Waals surface area contributed by atoms with E-state index >= 15 is 0 Å². The van der Waals surface area contributed by atoms with Gasteiger partial charge in [-0.1, -0.05) is 54.4 Å². The molecule has 0 bridgehead atoms. The predicted molar refractivity (Wildman–Crippen MR) is 82.5 cm³/mol. The first kappa shape index (κ1) is 15.1. The first-order valence-corrected chi connectivity index (χ1v) is 7.34. The maximum Gasteiger partial charge on any atom is 0.331 e. The molecular weight excluding hydrogens is 295 g/mol. The van der Waals surface area contributed by atoms with Crippen LogP contribution in [0.5, 0.6) is 0 Å². The molecule has 1 saturated carbocycles. The third kappa shape index (κ3) is 3.65. The minimum absolute atomic E-state index is 0.424. The highest BCUT2D eigenvalue weighted by Gasteiger charge is 2.36. The topological polar surface area (TPSA) is 37.3 Å². The molecule has 0 saturated heterocycles. The molecular formula is C16H16Cl2O2. The molecule has 1 aromatic carbocycles. The van der Waals surface area contributed by atoms with E-state index in [0.29, 0.717) is 33.9 Å². The van der Waals surface area contributed by atoms with Gasteiger partial charge in [0.1, 0.15) is 0 Å². The SMILES string of the molecule is CC/C(=C\C=C\C1C[C@H]1c1ccc(Cl)c(Cl)c1)C(=O)O. The van der Waals surface area contributed by atoms with Crippen LogP contribution in [0.2, 0.25) is 10.0 Å². The maximum atomic E-state index is 10.8. The second-order valence-electron chi connectivity index (χ2n) is 4.92. The van der Waals surface area contributed by atoms with Crippen molar-refractivity contribution < 1.29 is 9.90 Å². The van der Waals surface area contributed by atoms with Crippen LogP contribution in [0.15, 0.2) is 42.0 Å². The molecule has 106 valence electrons. The highest BCUT2D eigenvalue weighted by molar-refractivity contribution is 6.42. The van der Waals surface area contributed by atoms with Crippen LogP contribution in [0.3, 0.4) is 0 Å². The summed E-state index contributed by atoms with van der Waals surface area (Å²) in [6, 6.07) is 5.72. The fourth-order valence-electron chi connectivity index (χ4n) is 2.21. The Balaban J connectivity index is 1.98.